The van der Waals surface area contributed by atoms with Crippen molar-refractivity contribution in [1.29, 1.82) is 0 Å². The largest absolute Gasteiger partial charge is 0.460 e. The summed E-state index contributed by atoms with van der Waals surface area (Å²) < 4.78 is 128. The molecular formula is C11H2ClF10N3O4. The molecule has 0 bridgehead atoms. The van der Waals surface area contributed by atoms with Crippen LogP contribution in [0.2, 0.25) is 0 Å². The zero-order chi connectivity index (χ0) is 23.2. The van der Waals surface area contributed by atoms with E-state index in [4.69, 9.17) is 0 Å². The summed E-state index contributed by atoms with van der Waals surface area (Å²) in [5.74, 6) is -13.1. The number of rotatable bonds is 5. The van der Waals surface area contributed by atoms with Crippen LogP contribution in [-0.4, -0.2) is 33.3 Å². The van der Waals surface area contributed by atoms with Gasteiger partial charge in [-0.2, -0.15) is 43.9 Å². The van der Waals surface area contributed by atoms with Crippen LogP contribution in [0.3, 0.4) is 0 Å². The maximum absolute atomic E-state index is 13.7. The fraction of sp³-hybridized carbons (Fsp3) is 0.364. The molecule has 7 nitrogen and oxygen atoms in total. The number of nitrogens with zero attached hydrogens (tertiary/aromatic N) is 3. The molecule has 1 rings (SSSR count). The minimum atomic E-state index is -6.89. The number of halogens is 11. The Hall–Kier alpha value is -2.72. The van der Waals surface area contributed by atoms with Crippen molar-refractivity contribution in [2.75, 3.05) is 0 Å². The van der Waals surface area contributed by atoms with E-state index < -0.39 is 74.0 Å². The third-order valence-corrected chi connectivity index (χ3v) is 3.32. The van der Waals surface area contributed by atoms with Crippen molar-refractivity contribution in [2.45, 2.75) is 24.2 Å². The summed E-state index contributed by atoms with van der Waals surface area (Å²) in [4.78, 5) is 20.4. The molecule has 0 unspecified atom stereocenters. The van der Waals surface area contributed by atoms with Gasteiger partial charge in [0.1, 0.15) is 0 Å². The molecule has 0 aliphatic heterocycles. The Bertz CT molecular complexity index is 846. The molecule has 0 aliphatic carbocycles. The van der Waals surface area contributed by atoms with Gasteiger partial charge in [-0.25, -0.2) is 4.99 Å². The van der Waals surface area contributed by atoms with Gasteiger partial charge in [-0.3, -0.25) is 20.2 Å². The first-order valence-electron chi connectivity index (χ1n) is 6.36. The molecule has 0 radical (unpaired) electrons. The van der Waals surface area contributed by atoms with Crippen molar-refractivity contribution in [2.24, 2.45) is 4.99 Å². The van der Waals surface area contributed by atoms with Crippen LogP contribution in [0.15, 0.2) is 17.1 Å². The molecule has 0 aromatic heterocycles. The molecule has 1 aromatic rings. The van der Waals surface area contributed by atoms with Crippen molar-refractivity contribution >= 4 is 33.8 Å². The van der Waals surface area contributed by atoms with E-state index in [-0.39, 0.29) is 0 Å². The molecule has 0 saturated carbocycles. The summed E-state index contributed by atoms with van der Waals surface area (Å²) in [6, 6.07) is -1.40. The van der Waals surface area contributed by atoms with Crippen LogP contribution in [-0.2, 0) is 5.92 Å². The topological polar surface area (TPSA) is 98.6 Å². The average Bonchev–Trinajstić information content (AvgIpc) is 2.51. The second-order valence-corrected chi connectivity index (χ2v) is 5.28. The number of hydrogen-bond acceptors (Lipinski definition) is 5. The Morgan fingerprint density at radius 3 is 1.52 bits per heavy atom. The third-order valence-electron chi connectivity index (χ3n) is 3.02. The minimum Gasteiger partial charge on any atom is -0.258 e. The van der Waals surface area contributed by atoms with Crippen molar-refractivity contribution < 1.29 is 53.8 Å². The Morgan fingerprint density at radius 1 is 0.862 bits per heavy atom. The lowest BCUT2D eigenvalue weighted by atomic mass is 9.99. The van der Waals surface area contributed by atoms with E-state index >= 15 is 0 Å². The second-order valence-electron chi connectivity index (χ2n) is 4.92. The maximum Gasteiger partial charge on any atom is 0.460 e. The number of alkyl halides is 10. The molecule has 0 spiro atoms. The first-order chi connectivity index (χ1) is 12.7. The smallest absolute Gasteiger partial charge is 0.258 e. The highest BCUT2D eigenvalue weighted by Gasteiger charge is 2.73. The maximum atomic E-state index is 13.7. The second kappa shape index (κ2) is 7.27. The molecule has 0 N–H and O–H groups in total. The molecule has 18 heteroatoms. The fourth-order valence-corrected chi connectivity index (χ4v) is 1.78. The number of aliphatic imine (C=N–C) groups is 1. The van der Waals surface area contributed by atoms with Gasteiger partial charge in [0, 0.05) is 17.7 Å². The Labute approximate surface area is 155 Å². The van der Waals surface area contributed by atoms with E-state index in [1.165, 1.54) is 0 Å². The summed E-state index contributed by atoms with van der Waals surface area (Å²) in [7, 11) is 0. The van der Waals surface area contributed by atoms with E-state index in [2.05, 4.69) is 16.6 Å². The molecule has 29 heavy (non-hydrogen) atoms. The van der Waals surface area contributed by atoms with Crippen molar-refractivity contribution in [3.63, 3.8) is 0 Å². The number of hydrogen-bond donors (Lipinski definition) is 0. The highest BCUT2D eigenvalue weighted by Crippen LogP contribution is 2.54. The van der Waals surface area contributed by atoms with Crippen LogP contribution in [0.25, 0.3) is 0 Å². The molecule has 0 heterocycles. The van der Waals surface area contributed by atoms with Gasteiger partial charge in [-0.05, 0) is 0 Å². The van der Waals surface area contributed by atoms with Gasteiger partial charge < -0.3 is 0 Å². The van der Waals surface area contributed by atoms with Crippen LogP contribution in [0.1, 0.15) is 5.56 Å². The van der Waals surface area contributed by atoms with Gasteiger partial charge in [0.05, 0.1) is 9.85 Å². The van der Waals surface area contributed by atoms with Crippen molar-refractivity contribution in [1.82, 2.24) is 0 Å². The molecule has 1 aromatic carbocycles. The quantitative estimate of drug-likeness (QED) is 0.244. The highest BCUT2D eigenvalue weighted by molar-refractivity contribution is 6.67. The van der Waals surface area contributed by atoms with Gasteiger partial charge in [-0.1, -0.05) is 11.6 Å². The Morgan fingerprint density at radius 2 is 1.24 bits per heavy atom. The summed E-state index contributed by atoms with van der Waals surface area (Å²) in [5.41, 5.74) is -8.68. The first-order valence-corrected chi connectivity index (χ1v) is 6.74. The molecule has 0 aliphatic rings. The van der Waals surface area contributed by atoms with E-state index in [0.717, 1.165) is 0 Å². The van der Waals surface area contributed by atoms with Gasteiger partial charge in [0.15, 0.2) is 0 Å². The van der Waals surface area contributed by atoms with Gasteiger partial charge in [0.25, 0.3) is 0 Å². The lowest BCUT2D eigenvalue weighted by molar-refractivity contribution is -0.393. The predicted octanol–water partition coefficient (Wildman–Crippen LogP) is 5.62. The van der Waals surface area contributed by atoms with Crippen LogP contribution in [0.4, 0.5) is 61.0 Å². The van der Waals surface area contributed by atoms with Gasteiger partial charge in [-0.15, -0.1) is 0 Å². The number of nitro benzene ring substituents is 2. The predicted molar refractivity (Wildman–Crippen MR) is 73.6 cm³/mol. The highest BCUT2D eigenvalue weighted by atomic mass is 35.5. The summed E-state index contributed by atoms with van der Waals surface area (Å²) >= 11 is 4.67. The van der Waals surface area contributed by atoms with Gasteiger partial charge in [0.2, 0.25) is 10.9 Å². The van der Waals surface area contributed by atoms with E-state index in [9.17, 15) is 64.1 Å². The summed E-state index contributed by atoms with van der Waals surface area (Å²) in [5, 5.41) is 19.3. The zero-order valence-corrected chi connectivity index (χ0v) is 13.5. The number of benzene rings is 1. The van der Waals surface area contributed by atoms with Crippen molar-refractivity contribution in [3.8, 4) is 0 Å². The number of nitro groups is 2. The van der Waals surface area contributed by atoms with E-state index in [1.54, 1.807) is 0 Å². The summed E-state index contributed by atoms with van der Waals surface area (Å²) in [6.45, 7) is 0. The molecule has 0 amide bonds. The van der Waals surface area contributed by atoms with Crippen LogP contribution >= 0.6 is 11.6 Å². The lowest BCUT2D eigenvalue weighted by Gasteiger charge is -2.28. The molecule has 0 fully saturated rings. The van der Waals surface area contributed by atoms with E-state index in [0.29, 0.717) is 0 Å². The van der Waals surface area contributed by atoms with Crippen LogP contribution in [0.5, 0.6) is 0 Å². The molecular weight excluding hydrogens is 464 g/mol. The Kier molecular flexibility index (Phi) is 6.10. The van der Waals surface area contributed by atoms with Gasteiger partial charge >= 0.3 is 35.6 Å². The van der Waals surface area contributed by atoms with E-state index in [1.807, 2.05) is 0 Å². The Balaban J connectivity index is 3.95. The minimum absolute atomic E-state index is 0.702. The fourth-order valence-electron chi connectivity index (χ4n) is 1.70. The normalized spacial score (nSPS) is 14.1. The molecule has 0 atom stereocenters. The molecule has 162 valence electrons. The molecule has 0 saturated heterocycles. The van der Waals surface area contributed by atoms with Crippen LogP contribution in [0, 0.1) is 20.2 Å². The SMILES string of the molecule is O=[N+]([O-])c1cc(C(F)(F)C(F)(F)C(F)(F)F)cc([N+](=O)[O-])c1N=C(Cl)C(F)(F)F. The summed E-state index contributed by atoms with van der Waals surface area (Å²) in [6.07, 6.45) is -12.4. The van der Waals surface area contributed by atoms with Crippen molar-refractivity contribution in [3.05, 3.63) is 37.9 Å². The monoisotopic (exact) mass is 465 g/mol. The first kappa shape index (κ1) is 24.3. The third kappa shape index (κ3) is 4.48. The standard InChI is InChI=1S/C11H2ClF10N3O4/c12-7(9(15,16)17)23-6-4(24(26)27)1-3(2-5(6)25(28)29)8(13,14)10(18,19)11(20,21)22/h1-2H. The average molecular weight is 466 g/mol. The lowest BCUT2D eigenvalue weighted by Crippen LogP contribution is -2.50. The zero-order valence-electron chi connectivity index (χ0n) is 12.8. The van der Waals surface area contributed by atoms with Crippen LogP contribution < -0.4 is 0 Å².